The molecule has 0 radical (unpaired) electrons. The highest BCUT2D eigenvalue weighted by molar-refractivity contribution is 5.41. The van der Waals surface area contributed by atoms with Gasteiger partial charge in [0.05, 0.1) is 5.69 Å². The lowest BCUT2D eigenvalue weighted by Gasteiger charge is -2.01. The molecule has 0 aliphatic rings. The monoisotopic (exact) mass is 159 g/mol. The van der Waals surface area contributed by atoms with Crippen LogP contribution in [-0.2, 0) is 0 Å². The minimum atomic E-state index is 0.543. The smallest absolute Gasteiger partial charge is 0.125 e. The van der Waals surface area contributed by atoms with Crippen molar-refractivity contribution in [3.8, 4) is 5.69 Å². The molecular weight excluding hydrogens is 150 g/mol. The second-order valence-corrected chi connectivity index (χ2v) is 2.53. The Bertz CT molecular complexity index is 365. The van der Waals surface area contributed by atoms with Gasteiger partial charge in [-0.2, -0.15) is 0 Å². The van der Waals surface area contributed by atoms with E-state index in [0.29, 0.717) is 5.82 Å². The van der Waals surface area contributed by atoms with Crippen molar-refractivity contribution in [1.82, 2.24) is 9.55 Å². The van der Waals surface area contributed by atoms with E-state index >= 15 is 0 Å². The lowest BCUT2D eigenvalue weighted by atomic mass is 10.4. The Labute approximate surface area is 70.5 Å². The summed E-state index contributed by atoms with van der Waals surface area (Å²) >= 11 is 0. The predicted octanol–water partition coefficient (Wildman–Crippen LogP) is 1.45. The quantitative estimate of drug-likeness (QED) is 0.684. The van der Waals surface area contributed by atoms with Crippen LogP contribution in [0.5, 0.6) is 0 Å². The molecule has 12 heavy (non-hydrogen) atoms. The van der Waals surface area contributed by atoms with Gasteiger partial charge in [-0.15, -0.1) is 0 Å². The van der Waals surface area contributed by atoms with E-state index in [1.165, 1.54) is 0 Å². The number of nitrogens with zero attached hydrogens (tertiary/aromatic N) is 2. The first-order valence-corrected chi connectivity index (χ1v) is 3.71. The van der Waals surface area contributed by atoms with Crippen LogP contribution in [-0.4, -0.2) is 9.55 Å². The molecule has 0 bridgehead atoms. The molecule has 3 heteroatoms. The van der Waals surface area contributed by atoms with E-state index in [4.69, 9.17) is 5.73 Å². The van der Waals surface area contributed by atoms with E-state index in [1.807, 2.05) is 41.2 Å². The first-order chi connectivity index (χ1) is 5.86. The summed E-state index contributed by atoms with van der Waals surface area (Å²) in [5.74, 6) is 0.543. The third-order valence-corrected chi connectivity index (χ3v) is 1.67. The maximum Gasteiger partial charge on any atom is 0.125 e. The predicted molar refractivity (Wildman–Crippen MR) is 48.0 cm³/mol. The van der Waals surface area contributed by atoms with Crippen molar-refractivity contribution in [3.05, 3.63) is 42.9 Å². The highest BCUT2D eigenvalue weighted by Gasteiger charge is 1.93. The van der Waals surface area contributed by atoms with Gasteiger partial charge in [-0.05, 0) is 18.2 Å². The third kappa shape index (κ3) is 1.16. The zero-order chi connectivity index (χ0) is 8.39. The molecule has 0 spiro atoms. The lowest BCUT2D eigenvalue weighted by Crippen LogP contribution is -1.94. The minimum absolute atomic E-state index is 0.543. The van der Waals surface area contributed by atoms with Crippen LogP contribution in [0.4, 0.5) is 5.82 Å². The number of nitrogen functional groups attached to an aromatic ring is 1. The number of anilines is 1. The molecule has 2 heterocycles. The maximum absolute atomic E-state index is 5.54. The van der Waals surface area contributed by atoms with Crippen LogP contribution < -0.4 is 5.73 Å². The van der Waals surface area contributed by atoms with E-state index < -0.39 is 0 Å². The largest absolute Gasteiger partial charge is 0.384 e. The maximum atomic E-state index is 5.54. The number of hydrogen-bond acceptors (Lipinski definition) is 2. The molecule has 0 unspecified atom stereocenters. The molecule has 60 valence electrons. The van der Waals surface area contributed by atoms with Crippen LogP contribution in [0.15, 0.2) is 42.9 Å². The van der Waals surface area contributed by atoms with E-state index in [1.54, 1.807) is 6.20 Å². The molecular formula is C9H9N3. The first-order valence-electron chi connectivity index (χ1n) is 3.71. The summed E-state index contributed by atoms with van der Waals surface area (Å²) in [4.78, 5) is 3.91. The first kappa shape index (κ1) is 6.91. The van der Waals surface area contributed by atoms with Crippen LogP contribution in [0.3, 0.4) is 0 Å². The van der Waals surface area contributed by atoms with E-state index in [9.17, 15) is 0 Å². The highest BCUT2D eigenvalue weighted by atomic mass is 15.0. The molecule has 2 aromatic heterocycles. The van der Waals surface area contributed by atoms with Gasteiger partial charge in [0, 0.05) is 24.7 Å². The molecule has 0 aliphatic carbocycles. The summed E-state index contributed by atoms with van der Waals surface area (Å²) in [6, 6.07) is 7.68. The molecule has 0 saturated heterocycles. The fraction of sp³-hybridized carbons (Fsp3) is 0. The molecule has 3 nitrogen and oxygen atoms in total. The molecule has 0 atom stereocenters. The van der Waals surface area contributed by atoms with Crippen molar-refractivity contribution in [2.75, 3.05) is 5.73 Å². The van der Waals surface area contributed by atoms with Gasteiger partial charge in [-0.1, -0.05) is 0 Å². The number of nitrogens with two attached hydrogens (primary N) is 1. The molecule has 0 fully saturated rings. The van der Waals surface area contributed by atoms with Gasteiger partial charge in [0.25, 0.3) is 0 Å². The van der Waals surface area contributed by atoms with Crippen LogP contribution in [0.2, 0.25) is 0 Å². The highest BCUT2D eigenvalue weighted by Crippen LogP contribution is 2.08. The lowest BCUT2D eigenvalue weighted by molar-refractivity contribution is 1.07. The SMILES string of the molecule is Nc1cc(-n2cccc2)ccn1. The molecule has 0 saturated carbocycles. The Morgan fingerprint density at radius 2 is 2.00 bits per heavy atom. The number of aromatic nitrogens is 2. The van der Waals surface area contributed by atoms with E-state index in [0.717, 1.165) is 5.69 Å². The molecule has 0 aliphatic heterocycles. The Morgan fingerprint density at radius 3 is 2.67 bits per heavy atom. The van der Waals surface area contributed by atoms with Gasteiger partial charge in [-0.3, -0.25) is 0 Å². The van der Waals surface area contributed by atoms with Crippen molar-refractivity contribution in [2.45, 2.75) is 0 Å². The van der Waals surface area contributed by atoms with Gasteiger partial charge in [0.1, 0.15) is 5.82 Å². The Hall–Kier alpha value is -1.77. The summed E-state index contributed by atoms with van der Waals surface area (Å²) in [5.41, 5.74) is 6.57. The van der Waals surface area contributed by atoms with Crippen LogP contribution in [0.1, 0.15) is 0 Å². The van der Waals surface area contributed by atoms with E-state index in [-0.39, 0.29) is 0 Å². The van der Waals surface area contributed by atoms with Crippen molar-refractivity contribution in [1.29, 1.82) is 0 Å². The Morgan fingerprint density at radius 1 is 1.25 bits per heavy atom. The summed E-state index contributed by atoms with van der Waals surface area (Å²) in [7, 11) is 0. The van der Waals surface area contributed by atoms with Crippen molar-refractivity contribution >= 4 is 5.82 Å². The topological polar surface area (TPSA) is 43.8 Å². The van der Waals surface area contributed by atoms with Gasteiger partial charge in [0.15, 0.2) is 0 Å². The van der Waals surface area contributed by atoms with Crippen molar-refractivity contribution < 1.29 is 0 Å². The number of rotatable bonds is 1. The average Bonchev–Trinajstić information content (AvgIpc) is 2.56. The zero-order valence-corrected chi connectivity index (χ0v) is 6.51. The molecule has 2 rings (SSSR count). The third-order valence-electron chi connectivity index (χ3n) is 1.67. The van der Waals surface area contributed by atoms with Crippen LogP contribution in [0.25, 0.3) is 5.69 Å². The van der Waals surface area contributed by atoms with Crippen LogP contribution >= 0.6 is 0 Å². The summed E-state index contributed by atoms with van der Waals surface area (Å²) < 4.78 is 1.98. The van der Waals surface area contributed by atoms with Crippen molar-refractivity contribution in [3.63, 3.8) is 0 Å². The van der Waals surface area contributed by atoms with E-state index in [2.05, 4.69) is 4.98 Å². The molecule has 0 aromatic carbocycles. The number of hydrogen-bond donors (Lipinski definition) is 1. The van der Waals surface area contributed by atoms with Gasteiger partial charge < -0.3 is 10.3 Å². The van der Waals surface area contributed by atoms with Gasteiger partial charge in [-0.25, -0.2) is 4.98 Å². The Kier molecular flexibility index (Phi) is 1.55. The zero-order valence-electron chi connectivity index (χ0n) is 6.51. The summed E-state index contributed by atoms with van der Waals surface area (Å²) in [5, 5.41) is 0. The minimum Gasteiger partial charge on any atom is -0.384 e. The molecule has 0 amide bonds. The van der Waals surface area contributed by atoms with Crippen molar-refractivity contribution in [2.24, 2.45) is 0 Å². The fourth-order valence-corrected chi connectivity index (χ4v) is 1.10. The summed E-state index contributed by atoms with van der Waals surface area (Å²) in [6.45, 7) is 0. The summed E-state index contributed by atoms with van der Waals surface area (Å²) in [6.07, 6.45) is 5.63. The Balaban J connectivity index is 2.48. The molecule has 2 N–H and O–H groups in total. The average molecular weight is 159 g/mol. The van der Waals surface area contributed by atoms with Crippen LogP contribution in [0, 0.1) is 0 Å². The van der Waals surface area contributed by atoms with Gasteiger partial charge in [0.2, 0.25) is 0 Å². The van der Waals surface area contributed by atoms with Gasteiger partial charge >= 0.3 is 0 Å². The fourth-order valence-electron chi connectivity index (χ4n) is 1.10. The molecule has 2 aromatic rings. The second-order valence-electron chi connectivity index (χ2n) is 2.53. The number of pyridine rings is 1. The second kappa shape index (κ2) is 2.70. The standard InChI is InChI=1S/C9H9N3/c10-9-7-8(3-4-11-9)12-5-1-2-6-12/h1-7H,(H2,10,11). The normalized spacial score (nSPS) is 10.0.